The normalized spacial score (nSPS) is 22.1. The monoisotopic (exact) mass is 321 g/mol. The molecule has 0 saturated carbocycles. The van der Waals surface area contributed by atoms with Gasteiger partial charge in [0.1, 0.15) is 16.5 Å². The molecule has 1 rings (SSSR count). The maximum atomic E-state index is 6.09. The first-order chi connectivity index (χ1) is 8.55. The van der Waals surface area contributed by atoms with Crippen molar-refractivity contribution >= 4 is 25.0 Å². The molecule has 0 aromatic carbocycles. The number of hydrogen-bond donors (Lipinski definition) is 0. The minimum absolute atomic E-state index is 0.675. The van der Waals surface area contributed by atoms with Crippen LogP contribution in [0.1, 0.15) is 0 Å². The first-order valence-corrected chi connectivity index (χ1v) is 16.6. The predicted molar refractivity (Wildman–Crippen MR) is 87.7 cm³/mol. The summed E-state index contributed by atoms with van der Waals surface area (Å²) in [6.07, 6.45) is 1.01. The number of ether oxygens (including phenoxy) is 1. The summed E-state index contributed by atoms with van der Waals surface area (Å²) in [6.45, 7) is 19.5. The van der Waals surface area contributed by atoms with E-state index in [4.69, 9.17) is 13.6 Å². The fraction of sp³-hybridized carbons (Fsp3) is 1.00. The van der Waals surface area contributed by atoms with Gasteiger partial charge in [0.25, 0.3) is 0 Å². The largest absolute Gasteiger partial charge is 0.391 e. The zero-order chi connectivity index (χ0) is 14.7. The quantitative estimate of drug-likeness (QED) is 0.745. The third-order valence-electron chi connectivity index (χ3n) is 3.33. The fourth-order valence-electron chi connectivity index (χ4n) is 2.64. The van der Waals surface area contributed by atoms with Gasteiger partial charge in [0.2, 0.25) is 0 Å². The standard InChI is InChI=1S/C12H31NO3Si3/c1-17(2,3)13(18(4,5)6)12-19(7)15-10-8-14-9-11-16-19/h8-12H2,1-7H3. The molecule has 0 aromatic rings. The summed E-state index contributed by atoms with van der Waals surface area (Å²) in [6, 6.07) is 0. The van der Waals surface area contributed by atoms with Crippen molar-refractivity contribution in [2.75, 3.05) is 32.6 Å². The summed E-state index contributed by atoms with van der Waals surface area (Å²) in [4.78, 5) is 0. The van der Waals surface area contributed by atoms with Gasteiger partial charge in [-0.05, 0) is 6.55 Å². The van der Waals surface area contributed by atoms with Gasteiger partial charge < -0.3 is 17.8 Å². The van der Waals surface area contributed by atoms with E-state index in [1.807, 2.05) is 0 Å². The van der Waals surface area contributed by atoms with Crippen molar-refractivity contribution in [3.8, 4) is 0 Å². The molecule has 1 aliphatic heterocycles. The van der Waals surface area contributed by atoms with Gasteiger partial charge in [0.05, 0.1) is 26.4 Å². The van der Waals surface area contributed by atoms with Gasteiger partial charge in [0.15, 0.2) is 0 Å². The van der Waals surface area contributed by atoms with Crippen LogP contribution in [0.25, 0.3) is 0 Å². The van der Waals surface area contributed by atoms with Crippen LogP contribution >= 0.6 is 0 Å². The third-order valence-corrected chi connectivity index (χ3v) is 14.1. The zero-order valence-electron chi connectivity index (χ0n) is 13.7. The molecule has 1 heterocycles. The Bertz CT molecular complexity index is 267. The van der Waals surface area contributed by atoms with E-state index >= 15 is 0 Å². The lowest BCUT2D eigenvalue weighted by molar-refractivity contribution is 0.0253. The zero-order valence-corrected chi connectivity index (χ0v) is 16.7. The van der Waals surface area contributed by atoms with E-state index in [0.29, 0.717) is 26.4 Å². The van der Waals surface area contributed by atoms with Crippen molar-refractivity contribution in [3.63, 3.8) is 0 Å². The average Bonchev–Trinajstić information content (AvgIpc) is 2.18. The van der Waals surface area contributed by atoms with Crippen molar-refractivity contribution < 1.29 is 13.6 Å². The number of nitrogens with zero attached hydrogens (tertiary/aromatic N) is 1. The number of rotatable bonds is 4. The van der Waals surface area contributed by atoms with Crippen molar-refractivity contribution in [1.29, 1.82) is 0 Å². The van der Waals surface area contributed by atoms with Crippen LogP contribution < -0.4 is 0 Å². The molecule has 0 N–H and O–H groups in total. The smallest absolute Gasteiger partial charge is 0.348 e. The predicted octanol–water partition coefficient (Wildman–Crippen LogP) is 2.63. The molecule has 0 aromatic heterocycles. The second-order valence-corrected chi connectivity index (χ2v) is 20.7. The summed E-state index contributed by atoms with van der Waals surface area (Å²) in [7, 11) is -4.77. The van der Waals surface area contributed by atoms with E-state index < -0.39 is 25.0 Å². The summed E-state index contributed by atoms with van der Waals surface area (Å²) in [5.74, 6) is 0. The van der Waals surface area contributed by atoms with Crippen molar-refractivity contribution in [2.24, 2.45) is 0 Å². The molecule has 4 nitrogen and oxygen atoms in total. The van der Waals surface area contributed by atoms with E-state index in [2.05, 4.69) is 50.1 Å². The van der Waals surface area contributed by atoms with Crippen LogP contribution in [0.15, 0.2) is 0 Å². The van der Waals surface area contributed by atoms with Crippen LogP contribution in [0.3, 0.4) is 0 Å². The Hall–Kier alpha value is 0.491. The molecule has 0 unspecified atom stereocenters. The molecule has 0 amide bonds. The minimum atomic E-state index is -2.09. The van der Waals surface area contributed by atoms with Crippen LogP contribution in [0, 0.1) is 0 Å². The highest BCUT2D eigenvalue weighted by atomic mass is 28.4. The maximum absolute atomic E-state index is 6.09. The van der Waals surface area contributed by atoms with Gasteiger partial charge in [0, 0.05) is 6.17 Å². The Labute approximate surface area is 121 Å². The first kappa shape index (κ1) is 17.5. The Kier molecular flexibility index (Phi) is 6.01. The third kappa shape index (κ3) is 5.78. The summed E-state index contributed by atoms with van der Waals surface area (Å²) in [5.41, 5.74) is 0. The van der Waals surface area contributed by atoms with E-state index in [1.165, 1.54) is 0 Å². The molecule has 0 radical (unpaired) electrons. The van der Waals surface area contributed by atoms with Gasteiger partial charge >= 0.3 is 8.56 Å². The molecule has 7 heteroatoms. The fourth-order valence-corrected chi connectivity index (χ4v) is 18.1. The van der Waals surface area contributed by atoms with Crippen LogP contribution in [0.2, 0.25) is 45.8 Å². The van der Waals surface area contributed by atoms with Crippen molar-refractivity contribution in [3.05, 3.63) is 0 Å². The Morgan fingerprint density at radius 1 is 0.842 bits per heavy atom. The second-order valence-electron chi connectivity index (χ2n) is 7.37. The van der Waals surface area contributed by atoms with Gasteiger partial charge in [-0.2, -0.15) is 0 Å². The summed E-state index contributed by atoms with van der Waals surface area (Å²) < 4.78 is 20.3. The molecule has 0 atom stereocenters. The average molecular weight is 322 g/mol. The van der Waals surface area contributed by atoms with Crippen molar-refractivity contribution in [2.45, 2.75) is 45.8 Å². The highest BCUT2D eigenvalue weighted by Crippen LogP contribution is 2.23. The van der Waals surface area contributed by atoms with Gasteiger partial charge in [-0.15, -0.1) is 0 Å². The molecule has 0 aliphatic carbocycles. The van der Waals surface area contributed by atoms with Gasteiger partial charge in [-0.1, -0.05) is 39.3 Å². The molecule has 1 aliphatic rings. The highest BCUT2D eigenvalue weighted by molar-refractivity contribution is 6.90. The Morgan fingerprint density at radius 3 is 1.63 bits per heavy atom. The second kappa shape index (κ2) is 6.50. The van der Waals surface area contributed by atoms with E-state index in [9.17, 15) is 0 Å². The van der Waals surface area contributed by atoms with Crippen LogP contribution in [-0.4, -0.2) is 61.9 Å². The van der Waals surface area contributed by atoms with Crippen molar-refractivity contribution in [1.82, 2.24) is 4.23 Å². The van der Waals surface area contributed by atoms with Gasteiger partial charge in [-0.25, -0.2) is 0 Å². The molecule has 114 valence electrons. The maximum Gasteiger partial charge on any atom is 0.348 e. The van der Waals surface area contributed by atoms with E-state index in [0.717, 1.165) is 6.17 Å². The molecule has 0 spiro atoms. The summed E-state index contributed by atoms with van der Waals surface area (Å²) >= 11 is 0. The molecule has 0 bridgehead atoms. The lowest BCUT2D eigenvalue weighted by Crippen LogP contribution is -2.66. The highest BCUT2D eigenvalue weighted by Gasteiger charge is 2.43. The van der Waals surface area contributed by atoms with Crippen LogP contribution in [0.5, 0.6) is 0 Å². The van der Waals surface area contributed by atoms with Crippen LogP contribution in [0.4, 0.5) is 0 Å². The molecule has 1 saturated heterocycles. The number of hydrogen-bond acceptors (Lipinski definition) is 4. The van der Waals surface area contributed by atoms with E-state index in [-0.39, 0.29) is 0 Å². The lowest BCUT2D eigenvalue weighted by Gasteiger charge is -2.47. The first-order valence-electron chi connectivity index (χ1n) is 7.18. The summed E-state index contributed by atoms with van der Waals surface area (Å²) in [5, 5.41) is 0. The minimum Gasteiger partial charge on any atom is -0.391 e. The Balaban J connectivity index is 2.81. The molecule has 1 fully saturated rings. The Morgan fingerprint density at radius 2 is 1.26 bits per heavy atom. The van der Waals surface area contributed by atoms with E-state index in [1.54, 1.807) is 0 Å². The van der Waals surface area contributed by atoms with Gasteiger partial charge in [-0.3, -0.25) is 0 Å². The topological polar surface area (TPSA) is 30.9 Å². The molecular weight excluding hydrogens is 290 g/mol. The molecular formula is C12H31NO3Si3. The SMILES string of the molecule is C[Si]1(CN([Si](C)(C)C)[Si](C)(C)C)OCCOCCO1. The van der Waals surface area contributed by atoms with Crippen LogP contribution in [-0.2, 0) is 13.6 Å². The lowest BCUT2D eigenvalue weighted by atomic mass is 10.7. The molecule has 19 heavy (non-hydrogen) atoms.